The molecule has 2 rings (SSSR count). The van der Waals surface area contributed by atoms with Crippen molar-refractivity contribution in [1.29, 1.82) is 0 Å². The van der Waals surface area contributed by atoms with Crippen LogP contribution < -0.4 is 15.4 Å². The van der Waals surface area contributed by atoms with Gasteiger partial charge in [0.1, 0.15) is 5.75 Å². The van der Waals surface area contributed by atoms with Crippen molar-refractivity contribution in [3.8, 4) is 5.75 Å². The van der Waals surface area contributed by atoms with E-state index in [0.29, 0.717) is 23.9 Å². The van der Waals surface area contributed by atoms with Gasteiger partial charge < -0.3 is 15.4 Å². The third-order valence-corrected chi connectivity index (χ3v) is 5.02. The molecule has 1 aromatic rings. The number of amides is 2. The number of hydrogen-bond acceptors (Lipinski definition) is 4. The van der Waals surface area contributed by atoms with Crippen LogP contribution in [0.25, 0.3) is 0 Å². The molecule has 0 radical (unpaired) electrons. The molecule has 1 fully saturated rings. The summed E-state index contributed by atoms with van der Waals surface area (Å²) in [4.78, 5) is 26.5. The summed E-state index contributed by atoms with van der Waals surface area (Å²) in [5, 5.41) is 5.99. The van der Waals surface area contributed by atoms with E-state index in [1.54, 1.807) is 19.2 Å². The van der Waals surface area contributed by atoms with Crippen molar-refractivity contribution in [3.63, 3.8) is 0 Å². The lowest BCUT2D eigenvalue weighted by Gasteiger charge is -2.30. The number of benzene rings is 1. The first-order valence-electron chi connectivity index (χ1n) is 9.48. The smallest absolute Gasteiger partial charge is 0.238 e. The standard InChI is InChI=1S/C20H31N3O3/c1-4-23(13-19(24)21-16-10-6-5-9-15(16)2)14-20(25)22-17-11-7-8-12-18(17)26-3/h7-8,11-12,15-16H,4-6,9-10,13-14H2,1-3H3,(H,21,24)(H,22,25)/t15-,16-/m0/s1. The number of ether oxygens (including phenoxy) is 1. The van der Waals surface area contributed by atoms with Crippen molar-refractivity contribution in [2.45, 2.75) is 45.6 Å². The van der Waals surface area contributed by atoms with Crippen LogP contribution in [-0.4, -0.2) is 49.5 Å². The number of likely N-dealkylation sites (N-methyl/N-ethyl adjacent to an activating group) is 1. The van der Waals surface area contributed by atoms with E-state index in [1.165, 1.54) is 19.3 Å². The van der Waals surface area contributed by atoms with E-state index in [1.807, 2.05) is 24.0 Å². The summed E-state index contributed by atoms with van der Waals surface area (Å²) < 4.78 is 5.24. The van der Waals surface area contributed by atoms with Crippen LogP contribution in [0.2, 0.25) is 0 Å². The minimum atomic E-state index is -0.157. The summed E-state index contributed by atoms with van der Waals surface area (Å²) in [5.41, 5.74) is 0.636. The van der Waals surface area contributed by atoms with E-state index in [2.05, 4.69) is 17.6 Å². The minimum absolute atomic E-state index is 0.00399. The molecule has 1 aromatic carbocycles. The lowest BCUT2D eigenvalue weighted by Crippen LogP contribution is -2.47. The quantitative estimate of drug-likeness (QED) is 0.747. The average molecular weight is 361 g/mol. The molecule has 6 heteroatoms. The van der Waals surface area contributed by atoms with Gasteiger partial charge in [0, 0.05) is 6.04 Å². The van der Waals surface area contributed by atoms with Crippen LogP contribution in [0.4, 0.5) is 5.69 Å². The van der Waals surface area contributed by atoms with Gasteiger partial charge in [-0.25, -0.2) is 0 Å². The molecular formula is C20H31N3O3. The van der Waals surface area contributed by atoms with Crippen molar-refractivity contribution in [2.75, 3.05) is 32.1 Å². The normalized spacial score (nSPS) is 19.8. The fraction of sp³-hybridized carbons (Fsp3) is 0.600. The van der Waals surface area contributed by atoms with E-state index < -0.39 is 0 Å². The number of nitrogens with zero attached hydrogens (tertiary/aromatic N) is 1. The first kappa shape index (κ1) is 20.2. The van der Waals surface area contributed by atoms with Gasteiger partial charge in [0.05, 0.1) is 25.9 Å². The molecule has 0 saturated heterocycles. The highest BCUT2D eigenvalue weighted by Crippen LogP contribution is 2.24. The molecule has 1 aliphatic carbocycles. The zero-order valence-electron chi connectivity index (χ0n) is 16.1. The second kappa shape index (κ2) is 10.2. The number of anilines is 1. The molecule has 0 aromatic heterocycles. The highest BCUT2D eigenvalue weighted by molar-refractivity contribution is 5.94. The number of rotatable bonds is 8. The topological polar surface area (TPSA) is 70.7 Å². The van der Waals surface area contributed by atoms with Gasteiger partial charge in [0.15, 0.2) is 0 Å². The second-order valence-electron chi connectivity index (χ2n) is 6.99. The number of carbonyl (C=O) groups is 2. The van der Waals surface area contributed by atoms with Crippen molar-refractivity contribution >= 4 is 17.5 Å². The van der Waals surface area contributed by atoms with E-state index >= 15 is 0 Å². The molecule has 2 atom stereocenters. The van der Waals surface area contributed by atoms with Gasteiger partial charge in [-0.3, -0.25) is 14.5 Å². The zero-order chi connectivity index (χ0) is 18.9. The van der Waals surface area contributed by atoms with Crippen LogP contribution in [0.15, 0.2) is 24.3 Å². The molecule has 6 nitrogen and oxygen atoms in total. The van der Waals surface area contributed by atoms with Crippen LogP contribution in [0.5, 0.6) is 5.75 Å². The number of methoxy groups -OCH3 is 1. The molecule has 1 saturated carbocycles. The monoisotopic (exact) mass is 361 g/mol. The first-order chi connectivity index (χ1) is 12.5. The van der Waals surface area contributed by atoms with Crippen molar-refractivity contribution in [2.24, 2.45) is 5.92 Å². The Morgan fingerprint density at radius 3 is 2.54 bits per heavy atom. The Bertz CT molecular complexity index is 606. The summed E-state index contributed by atoms with van der Waals surface area (Å²) in [6.07, 6.45) is 4.64. The molecule has 0 aliphatic heterocycles. The molecule has 26 heavy (non-hydrogen) atoms. The van der Waals surface area contributed by atoms with Gasteiger partial charge in [0.2, 0.25) is 11.8 Å². The van der Waals surface area contributed by atoms with Crippen LogP contribution >= 0.6 is 0 Å². The Kier molecular flexibility index (Phi) is 7.91. The number of hydrogen-bond donors (Lipinski definition) is 2. The van der Waals surface area contributed by atoms with Gasteiger partial charge in [-0.2, -0.15) is 0 Å². The van der Waals surface area contributed by atoms with Crippen LogP contribution in [0.3, 0.4) is 0 Å². The van der Waals surface area contributed by atoms with Crippen molar-refractivity contribution < 1.29 is 14.3 Å². The highest BCUT2D eigenvalue weighted by atomic mass is 16.5. The zero-order valence-corrected chi connectivity index (χ0v) is 16.1. The van der Waals surface area contributed by atoms with E-state index in [0.717, 1.165) is 6.42 Å². The van der Waals surface area contributed by atoms with Gasteiger partial charge in [-0.05, 0) is 37.4 Å². The summed E-state index contributed by atoms with van der Waals surface area (Å²) in [5.74, 6) is 0.982. The van der Waals surface area contributed by atoms with Gasteiger partial charge in [0.25, 0.3) is 0 Å². The number of para-hydroxylation sites is 2. The molecule has 0 bridgehead atoms. The Morgan fingerprint density at radius 2 is 1.85 bits per heavy atom. The lowest BCUT2D eigenvalue weighted by molar-refractivity contribution is -0.124. The Morgan fingerprint density at radius 1 is 1.15 bits per heavy atom. The van der Waals surface area contributed by atoms with E-state index in [9.17, 15) is 9.59 Å². The summed E-state index contributed by atoms with van der Waals surface area (Å²) in [6.45, 7) is 5.18. The highest BCUT2D eigenvalue weighted by Gasteiger charge is 2.23. The van der Waals surface area contributed by atoms with E-state index in [4.69, 9.17) is 4.74 Å². The fourth-order valence-electron chi connectivity index (χ4n) is 3.41. The van der Waals surface area contributed by atoms with Gasteiger partial charge in [-0.1, -0.05) is 38.8 Å². The van der Waals surface area contributed by atoms with Crippen molar-refractivity contribution in [1.82, 2.24) is 10.2 Å². The van der Waals surface area contributed by atoms with Gasteiger partial charge in [-0.15, -0.1) is 0 Å². The third-order valence-electron chi connectivity index (χ3n) is 5.02. The largest absolute Gasteiger partial charge is 0.495 e. The van der Waals surface area contributed by atoms with Crippen LogP contribution in [-0.2, 0) is 9.59 Å². The van der Waals surface area contributed by atoms with Gasteiger partial charge >= 0.3 is 0 Å². The average Bonchev–Trinajstić information content (AvgIpc) is 2.63. The third kappa shape index (κ3) is 6.02. The predicted molar refractivity (Wildman–Crippen MR) is 103 cm³/mol. The molecular weight excluding hydrogens is 330 g/mol. The number of nitrogens with one attached hydrogen (secondary N) is 2. The Labute approximate surface area is 156 Å². The molecule has 2 amide bonds. The summed E-state index contributed by atoms with van der Waals surface area (Å²) >= 11 is 0. The number of carbonyl (C=O) groups excluding carboxylic acids is 2. The summed E-state index contributed by atoms with van der Waals surface area (Å²) in [6, 6.07) is 7.55. The van der Waals surface area contributed by atoms with Crippen LogP contribution in [0.1, 0.15) is 39.5 Å². The molecule has 144 valence electrons. The molecule has 0 unspecified atom stereocenters. The van der Waals surface area contributed by atoms with Crippen molar-refractivity contribution in [3.05, 3.63) is 24.3 Å². The summed E-state index contributed by atoms with van der Waals surface area (Å²) in [7, 11) is 1.57. The SMILES string of the molecule is CCN(CC(=O)Nc1ccccc1OC)CC(=O)N[C@H]1CCCC[C@@H]1C. The molecule has 0 heterocycles. The van der Waals surface area contributed by atoms with Crippen LogP contribution in [0, 0.1) is 5.92 Å². The first-order valence-corrected chi connectivity index (χ1v) is 9.48. The maximum atomic E-state index is 12.4. The predicted octanol–water partition coefficient (Wildman–Crippen LogP) is 2.65. The van der Waals surface area contributed by atoms with E-state index in [-0.39, 0.29) is 30.9 Å². The fourth-order valence-corrected chi connectivity index (χ4v) is 3.41. The maximum Gasteiger partial charge on any atom is 0.238 e. The molecule has 1 aliphatic rings. The molecule has 0 spiro atoms. The maximum absolute atomic E-state index is 12.4. The molecule has 2 N–H and O–H groups in total. The second-order valence-corrected chi connectivity index (χ2v) is 6.99. The lowest BCUT2D eigenvalue weighted by atomic mass is 9.86. The Hall–Kier alpha value is -2.08. The minimum Gasteiger partial charge on any atom is -0.495 e. The Balaban J connectivity index is 1.83.